The van der Waals surface area contributed by atoms with E-state index in [1.807, 2.05) is 0 Å². The van der Waals surface area contributed by atoms with Gasteiger partial charge in [-0.2, -0.15) is 30.7 Å². The van der Waals surface area contributed by atoms with Gasteiger partial charge in [0.25, 0.3) is 10.0 Å². The van der Waals surface area contributed by atoms with Gasteiger partial charge in [0.1, 0.15) is 0 Å². The van der Waals surface area contributed by atoms with Crippen molar-refractivity contribution in [1.29, 1.82) is 0 Å². The molecule has 0 aromatic rings. The summed E-state index contributed by atoms with van der Waals surface area (Å²) < 4.78 is 111. The molecule has 1 N–H and O–H groups in total. The van der Waals surface area contributed by atoms with Crippen LogP contribution in [0.2, 0.25) is 0 Å². The highest BCUT2D eigenvalue weighted by Gasteiger charge is 2.78. The molecule has 0 atom stereocenters. The second-order valence-electron chi connectivity index (χ2n) is 5.85. The van der Waals surface area contributed by atoms with Gasteiger partial charge in [-0.15, -0.1) is 0 Å². The Kier molecular flexibility index (Phi) is 7.26. The van der Waals surface area contributed by atoms with Crippen molar-refractivity contribution in [2.45, 2.75) is 30.2 Å². The molecule has 0 bridgehead atoms. The first-order chi connectivity index (χ1) is 10.9. The summed E-state index contributed by atoms with van der Waals surface area (Å²) >= 11 is 0. The lowest BCUT2D eigenvalue weighted by Gasteiger charge is -2.30. The van der Waals surface area contributed by atoms with Gasteiger partial charge in [-0.3, -0.25) is 0 Å². The lowest BCUT2D eigenvalue weighted by atomic mass is 10.3. The molecule has 0 spiro atoms. The molecule has 14 heteroatoms. The highest BCUT2D eigenvalue weighted by atomic mass is 32.2. The van der Waals surface area contributed by atoms with E-state index in [9.17, 15) is 49.1 Å². The van der Waals surface area contributed by atoms with Gasteiger partial charge in [0.15, 0.2) is 0 Å². The van der Waals surface area contributed by atoms with Gasteiger partial charge in [-0.25, -0.2) is 13.1 Å². The summed E-state index contributed by atoms with van der Waals surface area (Å²) in [4.78, 5) is 10.3. The van der Waals surface area contributed by atoms with Crippen LogP contribution in [0.1, 0.15) is 12.8 Å². The fourth-order valence-electron chi connectivity index (χ4n) is 1.64. The smallest absolute Gasteiger partial charge is 0.461 e. The third kappa shape index (κ3) is 5.95. The number of hydrogen-bond acceptors (Lipinski definition) is 4. The van der Waals surface area contributed by atoms with E-state index in [1.54, 1.807) is 0 Å². The number of aliphatic carboxylic acids is 1. The second kappa shape index (κ2) is 7.61. The Morgan fingerprint density at radius 1 is 1.04 bits per heavy atom. The molecule has 0 aromatic heterocycles. The summed E-state index contributed by atoms with van der Waals surface area (Å²) in [5.74, 6) is -8.11. The van der Waals surface area contributed by atoms with Crippen molar-refractivity contribution >= 4 is 16.0 Å². The van der Waals surface area contributed by atoms with Gasteiger partial charge >= 0.3 is 17.4 Å². The van der Waals surface area contributed by atoms with Crippen LogP contribution in [0.3, 0.4) is 0 Å². The van der Waals surface area contributed by atoms with Gasteiger partial charge in [0, 0.05) is 25.4 Å². The van der Waals surface area contributed by atoms with Gasteiger partial charge in [0.2, 0.25) is 0 Å². The number of carboxylic acids is 1. The molecule has 0 aliphatic heterocycles. The van der Waals surface area contributed by atoms with Gasteiger partial charge < -0.3 is 14.4 Å². The summed E-state index contributed by atoms with van der Waals surface area (Å²) in [6.07, 6.45) is -7.31. The maximum absolute atomic E-state index is 13.1. The number of halogens is 7. The van der Waals surface area contributed by atoms with Crippen LogP contribution in [-0.2, 0) is 14.8 Å². The molecular formula is C11H17F7N2O4S. The summed E-state index contributed by atoms with van der Waals surface area (Å²) in [5.41, 5.74) is 0. The van der Waals surface area contributed by atoms with E-state index in [0.29, 0.717) is 0 Å². The maximum atomic E-state index is 13.1. The third-order valence-electron chi connectivity index (χ3n) is 3.21. The first-order valence-corrected chi connectivity index (χ1v) is 8.19. The molecule has 0 rings (SSSR count). The summed E-state index contributed by atoms with van der Waals surface area (Å²) in [7, 11) is -3.27. The van der Waals surface area contributed by atoms with E-state index < -0.39 is 39.9 Å². The van der Waals surface area contributed by atoms with E-state index in [1.165, 1.54) is 14.1 Å². The van der Waals surface area contributed by atoms with Crippen molar-refractivity contribution in [3.63, 3.8) is 0 Å². The number of carbonyl (C=O) groups is 1. The molecular weight excluding hydrogens is 389 g/mol. The fraction of sp³-hybridized carbons (Fsp3) is 0.909. The average Bonchev–Trinajstić information content (AvgIpc) is 2.40. The largest absolute Gasteiger partial charge is 0.550 e. The minimum Gasteiger partial charge on any atom is -0.550 e. The lowest BCUT2D eigenvalue weighted by molar-refractivity contribution is -0.890. The molecule has 0 aliphatic rings. The second-order valence-corrected chi connectivity index (χ2v) is 7.65. The zero-order chi connectivity index (χ0) is 20.3. The van der Waals surface area contributed by atoms with E-state index >= 15 is 0 Å². The van der Waals surface area contributed by atoms with Gasteiger partial charge in [0.05, 0.1) is 27.2 Å². The summed E-state index contributed by atoms with van der Waals surface area (Å²) in [5, 5.41) is 3.94. The Morgan fingerprint density at radius 2 is 1.52 bits per heavy atom. The molecule has 0 unspecified atom stereocenters. The van der Waals surface area contributed by atoms with Crippen LogP contribution < -0.4 is 9.83 Å². The van der Waals surface area contributed by atoms with Crippen LogP contribution in [0.25, 0.3) is 0 Å². The topological polar surface area (TPSA) is 86.3 Å². The van der Waals surface area contributed by atoms with E-state index in [2.05, 4.69) is 0 Å². The van der Waals surface area contributed by atoms with Crippen molar-refractivity contribution in [2.75, 3.05) is 33.7 Å². The molecule has 0 aromatic carbocycles. The number of nitrogens with zero attached hydrogens (tertiary/aromatic N) is 1. The number of alkyl halides is 7. The monoisotopic (exact) mass is 406 g/mol. The molecule has 150 valence electrons. The fourth-order valence-corrected chi connectivity index (χ4v) is 2.69. The van der Waals surface area contributed by atoms with Crippen molar-refractivity contribution < 1.29 is 53.5 Å². The van der Waals surface area contributed by atoms with Crippen LogP contribution in [0.5, 0.6) is 0 Å². The molecule has 0 saturated carbocycles. The van der Waals surface area contributed by atoms with Gasteiger partial charge in [-0.1, -0.05) is 0 Å². The van der Waals surface area contributed by atoms with Crippen LogP contribution in [0, 0.1) is 0 Å². The molecule has 0 fully saturated rings. The highest BCUT2D eigenvalue weighted by molar-refractivity contribution is 7.90. The Balaban J connectivity index is 4.82. The SMILES string of the molecule is C[N+](C)(CCCNS(=O)(=O)C(F)(F)C(F)(F)C(F)(F)F)CCC(=O)[O-]. The van der Waals surface area contributed by atoms with Crippen LogP contribution >= 0.6 is 0 Å². The third-order valence-corrected chi connectivity index (χ3v) is 4.73. The molecule has 0 aliphatic carbocycles. The predicted octanol–water partition coefficient (Wildman–Crippen LogP) is 0.303. The number of sulfonamides is 1. The molecule has 0 saturated heterocycles. The van der Waals surface area contributed by atoms with Gasteiger partial charge in [-0.05, 0) is 0 Å². The quantitative estimate of drug-likeness (QED) is 0.321. The maximum Gasteiger partial charge on any atom is 0.461 e. The number of nitrogens with one attached hydrogen (secondary N) is 1. The minimum atomic E-state index is -6.77. The van der Waals surface area contributed by atoms with Crippen molar-refractivity contribution in [2.24, 2.45) is 0 Å². The van der Waals surface area contributed by atoms with Crippen LogP contribution in [0.4, 0.5) is 30.7 Å². The molecule has 25 heavy (non-hydrogen) atoms. The molecule has 0 radical (unpaired) electrons. The lowest BCUT2D eigenvalue weighted by Crippen LogP contribution is -2.59. The predicted molar refractivity (Wildman–Crippen MR) is 69.0 cm³/mol. The summed E-state index contributed by atoms with van der Waals surface area (Å²) in [6, 6.07) is 0. The summed E-state index contributed by atoms with van der Waals surface area (Å²) in [6.45, 7) is -0.743. The van der Waals surface area contributed by atoms with Crippen molar-refractivity contribution in [3.05, 3.63) is 0 Å². The van der Waals surface area contributed by atoms with E-state index in [4.69, 9.17) is 0 Å². The van der Waals surface area contributed by atoms with Crippen molar-refractivity contribution in [1.82, 2.24) is 4.72 Å². The normalized spacial score (nSPS) is 14.6. The standard InChI is InChI=1S/C11H17F7N2O4S/c1-20(2,7-4-8(21)22)6-3-5-19-25(23,24)11(17,18)9(12,13)10(14,15)16/h19H,3-7H2,1-2H3. The number of rotatable bonds is 10. The van der Waals surface area contributed by atoms with E-state index in [0.717, 1.165) is 4.72 Å². The number of quaternary nitrogens is 1. The van der Waals surface area contributed by atoms with Crippen molar-refractivity contribution in [3.8, 4) is 0 Å². The first-order valence-electron chi connectivity index (χ1n) is 6.71. The molecule has 0 amide bonds. The Labute approximate surface area is 139 Å². The Bertz CT molecular complexity index is 575. The first kappa shape index (κ1) is 23.9. The van der Waals surface area contributed by atoms with Crippen LogP contribution in [0.15, 0.2) is 0 Å². The van der Waals surface area contributed by atoms with Crippen LogP contribution in [-0.4, -0.2) is 70.0 Å². The number of carbonyl (C=O) groups excluding carboxylic acids is 1. The molecule has 6 nitrogen and oxygen atoms in total. The number of hydrogen-bond donors (Lipinski definition) is 1. The molecule has 0 heterocycles. The zero-order valence-corrected chi connectivity index (χ0v) is 14.0. The minimum absolute atomic E-state index is 0.00477. The Hall–Kier alpha value is -1.15. The number of carboxylic acid groups (broad SMARTS) is 1. The average molecular weight is 406 g/mol. The highest BCUT2D eigenvalue weighted by Crippen LogP contribution is 2.48. The Morgan fingerprint density at radius 3 is 1.92 bits per heavy atom. The zero-order valence-electron chi connectivity index (χ0n) is 13.2. The van der Waals surface area contributed by atoms with E-state index in [-0.39, 0.29) is 30.4 Å².